The second-order valence-corrected chi connectivity index (χ2v) is 7.83. The number of nitrogens with zero attached hydrogens (tertiary/aromatic N) is 5. The van der Waals surface area contributed by atoms with Gasteiger partial charge in [0.1, 0.15) is 16.9 Å². The van der Waals surface area contributed by atoms with Crippen LogP contribution in [-0.2, 0) is 4.79 Å². The highest BCUT2D eigenvalue weighted by atomic mass is 19.1. The number of anilines is 1. The number of hydrogen-bond donors (Lipinski definition) is 3. The van der Waals surface area contributed by atoms with Crippen LogP contribution in [0.5, 0.6) is 0 Å². The average Bonchev–Trinajstić information content (AvgIpc) is 3.63. The average molecular weight is 468 g/mol. The summed E-state index contributed by atoms with van der Waals surface area (Å²) in [5, 5.41) is 10.1. The van der Waals surface area contributed by atoms with E-state index in [9.17, 15) is 4.79 Å². The predicted molar refractivity (Wildman–Crippen MR) is 127 cm³/mol. The van der Waals surface area contributed by atoms with E-state index < -0.39 is 5.82 Å². The summed E-state index contributed by atoms with van der Waals surface area (Å²) >= 11 is 0. The van der Waals surface area contributed by atoms with Gasteiger partial charge in [-0.1, -0.05) is 6.92 Å². The van der Waals surface area contributed by atoms with Gasteiger partial charge in [-0.05, 0) is 12.1 Å². The van der Waals surface area contributed by atoms with Crippen LogP contribution in [-0.4, -0.2) is 41.0 Å². The molecule has 0 spiro atoms. The number of fused-ring (bicyclic) bond motifs is 2. The normalized spacial score (nSPS) is 11.4. The number of hydrogen-bond acceptors (Lipinski definition) is 7. The minimum atomic E-state index is -0.583. The van der Waals surface area contributed by atoms with Crippen molar-refractivity contribution >= 4 is 33.5 Å². The lowest BCUT2D eigenvalue weighted by Crippen LogP contribution is -2.09. The SMILES string of the molecule is CCC(=O)Nc1cncc(-c2ncc3[nH]nc(-c4nc5c(-c6ccoc6)cncc5[nH]4)c3c2F)c1. The Labute approximate surface area is 196 Å². The Kier molecular flexibility index (Phi) is 4.80. The Morgan fingerprint density at radius 2 is 1.97 bits per heavy atom. The molecule has 0 saturated carbocycles. The fourth-order valence-corrected chi connectivity index (χ4v) is 3.91. The van der Waals surface area contributed by atoms with Crippen LogP contribution in [0.25, 0.3) is 55.8 Å². The molecule has 10 nitrogen and oxygen atoms in total. The summed E-state index contributed by atoms with van der Waals surface area (Å²) in [6.45, 7) is 1.74. The maximum absolute atomic E-state index is 15.8. The fourth-order valence-electron chi connectivity index (χ4n) is 3.91. The summed E-state index contributed by atoms with van der Waals surface area (Å²) < 4.78 is 21.0. The number of amides is 1. The molecule has 1 amide bonds. The van der Waals surface area contributed by atoms with E-state index in [2.05, 4.69) is 35.5 Å². The quantitative estimate of drug-likeness (QED) is 0.333. The molecule has 0 aliphatic carbocycles. The van der Waals surface area contributed by atoms with Crippen molar-refractivity contribution < 1.29 is 13.6 Å². The second kappa shape index (κ2) is 8.13. The van der Waals surface area contributed by atoms with Crippen LogP contribution in [0.2, 0.25) is 0 Å². The molecule has 0 bridgehead atoms. The van der Waals surface area contributed by atoms with E-state index in [1.807, 2.05) is 6.07 Å². The largest absolute Gasteiger partial charge is 0.472 e. The molecule has 6 heterocycles. The van der Waals surface area contributed by atoms with Crippen molar-refractivity contribution in [1.29, 1.82) is 0 Å². The lowest BCUT2D eigenvalue weighted by atomic mass is 10.1. The molecule has 6 aromatic rings. The Balaban J connectivity index is 1.48. The first-order valence-corrected chi connectivity index (χ1v) is 10.8. The first-order valence-electron chi connectivity index (χ1n) is 10.8. The first-order chi connectivity index (χ1) is 17.1. The molecule has 0 radical (unpaired) electrons. The molecule has 6 aromatic heterocycles. The number of furan rings is 1. The molecule has 0 unspecified atom stereocenters. The Morgan fingerprint density at radius 3 is 2.80 bits per heavy atom. The highest BCUT2D eigenvalue weighted by molar-refractivity contribution is 5.98. The summed E-state index contributed by atoms with van der Waals surface area (Å²) in [4.78, 5) is 32.3. The first kappa shape index (κ1) is 20.7. The van der Waals surface area contributed by atoms with Crippen LogP contribution in [0, 0.1) is 5.82 Å². The number of carbonyl (C=O) groups excluding carboxylic acids is 1. The van der Waals surface area contributed by atoms with Crippen molar-refractivity contribution in [2.24, 2.45) is 0 Å². The van der Waals surface area contributed by atoms with Crippen molar-refractivity contribution in [3.63, 3.8) is 0 Å². The summed E-state index contributed by atoms with van der Waals surface area (Å²) in [5.41, 5.74) is 4.61. The summed E-state index contributed by atoms with van der Waals surface area (Å²) in [7, 11) is 0. The van der Waals surface area contributed by atoms with Gasteiger partial charge in [-0.25, -0.2) is 9.37 Å². The minimum absolute atomic E-state index is 0.0807. The van der Waals surface area contributed by atoms with E-state index in [4.69, 9.17) is 9.40 Å². The number of nitrogens with one attached hydrogen (secondary N) is 3. The number of imidazole rings is 1. The maximum atomic E-state index is 15.8. The second-order valence-electron chi connectivity index (χ2n) is 7.83. The van der Waals surface area contributed by atoms with E-state index in [-0.39, 0.29) is 17.0 Å². The molecule has 35 heavy (non-hydrogen) atoms. The van der Waals surface area contributed by atoms with Gasteiger partial charge in [0.15, 0.2) is 11.6 Å². The van der Waals surface area contributed by atoms with Crippen molar-refractivity contribution in [2.45, 2.75) is 13.3 Å². The molecule has 0 saturated heterocycles. The number of aromatic amines is 2. The Hall–Kier alpha value is -4.93. The van der Waals surface area contributed by atoms with Gasteiger partial charge in [-0.3, -0.25) is 24.8 Å². The lowest BCUT2D eigenvalue weighted by Gasteiger charge is -2.07. The standard InChI is InChI=1S/C24H17FN8O2/c1-2-18(34)29-14-5-13(6-26-7-14)21-20(25)19-16(10-28-21)32-33-23(19)24-30-17-9-27-8-15(22(17)31-24)12-3-4-35-11-12/h3-11H,2H2,1H3,(H,29,34)(H,30,31)(H,32,33). The van der Waals surface area contributed by atoms with E-state index >= 15 is 4.39 Å². The molecule has 0 fully saturated rings. The monoisotopic (exact) mass is 468 g/mol. The molecule has 0 atom stereocenters. The number of pyridine rings is 3. The van der Waals surface area contributed by atoms with E-state index in [1.54, 1.807) is 37.9 Å². The van der Waals surface area contributed by atoms with Crippen molar-refractivity contribution in [3.05, 3.63) is 61.5 Å². The highest BCUT2D eigenvalue weighted by Gasteiger charge is 2.21. The topological polar surface area (TPSA) is 138 Å². The van der Waals surface area contributed by atoms with Crippen molar-refractivity contribution in [2.75, 3.05) is 5.32 Å². The van der Waals surface area contributed by atoms with E-state index in [1.165, 1.54) is 18.6 Å². The maximum Gasteiger partial charge on any atom is 0.224 e. The summed E-state index contributed by atoms with van der Waals surface area (Å²) in [6, 6.07) is 3.44. The Morgan fingerprint density at radius 1 is 1.09 bits per heavy atom. The highest BCUT2D eigenvalue weighted by Crippen LogP contribution is 2.34. The van der Waals surface area contributed by atoms with Gasteiger partial charge in [-0.15, -0.1) is 0 Å². The van der Waals surface area contributed by atoms with Gasteiger partial charge in [0.05, 0.1) is 53.2 Å². The zero-order valence-corrected chi connectivity index (χ0v) is 18.3. The predicted octanol–water partition coefficient (Wildman–Crippen LogP) is 4.71. The van der Waals surface area contributed by atoms with Gasteiger partial charge >= 0.3 is 0 Å². The van der Waals surface area contributed by atoms with E-state index in [0.29, 0.717) is 45.7 Å². The van der Waals surface area contributed by atoms with Crippen LogP contribution in [0.1, 0.15) is 13.3 Å². The lowest BCUT2D eigenvalue weighted by molar-refractivity contribution is -0.115. The van der Waals surface area contributed by atoms with Crippen LogP contribution in [0.4, 0.5) is 10.1 Å². The third-order valence-corrected chi connectivity index (χ3v) is 5.61. The van der Waals surface area contributed by atoms with Gasteiger partial charge in [0.25, 0.3) is 0 Å². The van der Waals surface area contributed by atoms with Gasteiger partial charge in [0.2, 0.25) is 5.91 Å². The molecule has 0 aliphatic rings. The zero-order chi connectivity index (χ0) is 23.9. The third-order valence-electron chi connectivity index (χ3n) is 5.61. The van der Waals surface area contributed by atoms with Gasteiger partial charge in [0, 0.05) is 35.5 Å². The minimum Gasteiger partial charge on any atom is -0.472 e. The molecule has 6 rings (SSSR count). The number of rotatable bonds is 5. The van der Waals surface area contributed by atoms with Gasteiger partial charge in [-0.2, -0.15) is 5.10 Å². The third kappa shape index (κ3) is 3.50. The number of aromatic nitrogens is 7. The molecule has 0 aliphatic heterocycles. The van der Waals surface area contributed by atoms with Crippen LogP contribution in [0.3, 0.4) is 0 Å². The Bertz CT molecular complexity index is 1700. The summed E-state index contributed by atoms with van der Waals surface area (Å²) in [5.74, 6) is -0.373. The van der Waals surface area contributed by atoms with Crippen LogP contribution >= 0.6 is 0 Å². The smallest absolute Gasteiger partial charge is 0.224 e. The van der Waals surface area contributed by atoms with Crippen molar-refractivity contribution in [3.8, 4) is 33.9 Å². The molecule has 11 heteroatoms. The number of carbonyl (C=O) groups is 1. The number of H-pyrrole nitrogens is 2. The zero-order valence-electron chi connectivity index (χ0n) is 18.3. The van der Waals surface area contributed by atoms with Gasteiger partial charge < -0.3 is 14.7 Å². The van der Waals surface area contributed by atoms with Crippen LogP contribution in [0.15, 0.2) is 60.1 Å². The summed E-state index contributed by atoms with van der Waals surface area (Å²) in [6.07, 6.45) is 11.3. The number of halogens is 1. The molecule has 0 aromatic carbocycles. The molecular weight excluding hydrogens is 451 g/mol. The molecular formula is C24H17FN8O2. The fraction of sp³-hybridized carbons (Fsp3) is 0.0833. The van der Waals surface area contributed by atoms with Crippen molar-refractivity contribution in [1.82, 2.24) is 35.1 Å². The van der Waals surface area contributed by atoms with Crippen LogP contribution < -0.4 is 5.32 Å². The molecule has 3 N–H and O–H groups in total. The molecule has 172 valence electrons. The van der Waals surface area contributed by atoms with E-state index in [0.717, 1.165) is 11.1 Å².